The average molecular weight is 354 g/mol. The van der Waals surface area contributed by atoms with E-state index in [1.54, 1.807) is 0 Å². The first kappa shape index (κ1) is 20.5. The SMILES string of the molecule is CCCC(=O)Nc1cccc(NC(=O)C[C@@H]2CCC[C@H]2N)c1C.Cl. The lowest BCUT2D eigenvalue weighted by molar-refractivity contribution is -0.117. The van der Waals surface area contributed by atoms with Gasteiger partial charge in [0.1, 0.15) is 0 Å². The molecule has 6 heteroatoms. The van der Waals surface area contributed by atoms with Gasteiger partial charge in [0.05, 0.1) is 0 Å². The lowest BCUT2D eigenvalue weighted by Gasteiger charge is -2.17. The second-order valence-corrected chi connectivity index (χ2v) is 6.38. The number of carbonyl (C=O) groups excluding carboxylic acids is 2. The highest BCUT2D eigenvalue weighted by atomic mass is 35.5. The summed E-state index contributed by atoms with van der Waals surface area (Å²) in [7, 11) is 0. The van der Waals surface area contributed by atoms with E-state index in [-0.39, 0.29) is 36.2 Å². The van der Waals surface area contributed by atoms with Crippen molar-refractivity contribution < 1.29 is 9.59 Å². The van der Waals surface area contributed by atoms with Gasteiger partial charge >= 0.3 is 0 Å². The summed E-state index contributed by atoms with van der Waals surface area (Å²) in [5.41, 5.74) is 8.40. The van der Waals surface area contributed by atoms with Crippen molar-refractivity contribution in [1.29, 1.82) is 0 Å². The van der Waals surface area contributed by atoms with Crippen molar-refractivity contribution in [2.24, 2.45) is 11.7 Å². The van der Waals surface area contributed by atoms with Crippen LogP contribution in [0, 0.1) is 12.8 Å². The van der Waals surface area contributed by atoms with Crippen LogP contribution < -0.4 is 16.4 Å². The number of rotatable bonds is 6. The molecule has 2 atom stereocenters. The first-order chi connectivity index (χ1) is 11.0. The van der Waals surface area contributed by atoms with Crippen molar-refractivity contribution in [2.45, 2.75) is 58.4 Å². The van der Waals surface area contributed by atoms with E-state index in [1.807, 2.05) is 32.0 Å². The molecule has 0 aliphatic heterocycles. The van der Waals surface area contributed by atoms with Gasteiger partial charge in [-0.3, -0.25) is 9.59 Å². The normalized spacial score (nSPS) is 19.5. The van der Waals surface area contributed by atoms with Crippen molar-refractivity contribution in [3.63, 3.8) is 0 Å². The Morgan fingerprint density at radius 3 is 2.33 bits per heavy atom. The Balaban J connectivity index is 0.00000288. The average Bonchev–Trinajstić information content (AvgIpc) is 2.89. The number of anilines is 2. The molecule has 0 heterocycles. The monoisotopic (exact) mass is 353 g/mol. The van der Waals surface area contributed by atoms with Crippen molar-refractivity contribution in [3.8, 4) is 0 Å². The Morgan fingerprint density at radius 2 is 1.79 bits per heavy atom. The first-order valence-corrected chi connectivity index (χ1v) is 8.46. The summed E-state index contributed by atoms with van der Waals surface area (Å²) in [5.74, 6) is 0.270. The molecule has 0 aromatic heterocycles. The first-order valence-electron chi connectivity index (χ1n) is 8.46. The van der Waals surface area contributed by atoms with Gasteiger partial charge in [0.15, 0.2) is 0 Å². The van der Waals surface area contributed by atoms with Crippen molar-refractivity contribution >= 4 is 35.6 Å². The summed E-state index contributed by atoms with van der Waals surface area (Å²) in [5, 5.41) is 5.85. The van der Waals surface area contributed by atoms with Gasteiger partial charge < -0.3 is 16.4 Å². The smallest absolute Gasteiger partial charge is 0.224 e. The van der Waals surface area contributed by atoms with Gasteiger partial charge in [-0.25, -0.2) is 0 Å². The third-order valence-corrected chi connectivity index (χ3v) is 4.52. The number of carbonyl (C=O) groups is 2. The van der Waals surface area contributed by atoms with E-state index >= 15 is 0 Å². The molecule has 1 saturated carbocycles. The molecule has 1 fully saturated rings. The van der Waals surface area contributed by atoms with Crippen LogP contribution in [-0.2, 0) is 9.59 Å². The highest BCUT2D eigenvalue weighted by Gasteiger charge is 2.26. The molecule has 0 radical (unpaired) electrons. The molecule has 0 spiro atoms. The number of nitrogens with two attached hydrogens (primary N) is 1. The molecular formula is C18H28ClN3O2. The summed E-state index contributed by atoms with van der Waals surface area (Å²) in [4.78, 5) is 24.0. The zero-order chi connectivity index (χ0) is 16.8. The van der Waals surface area contributed by atoms with E-state index < -0.39 is 0 Å². The fraction of sp³-hybridized carbons (Fsp3) is 0.556. The standard InChI is InChI=1S/C18H27N3O2.ClH/c1-3-6-17(22)20-15-9-5-10-16(12(15)2)21-18(23)11-13-7-4-8-14(13)19;/h5,9-10,13-14H,3-4,6-8,11,19H2,1-2H3,(H,20,22)(H,21,23);1H/t13-,14+;/m0./s1. The van der Waals surface area contributed by atoms with Crippen LogP contribution >= 0.6 is 12.4 Å². The van der Waals surface area contributed by atoms with Crippen LogP contribution in [0.15, 0.2) is 18.2 Å². The van der Waals surface area contributed by atoms with Crippen LogP contribution in [0.1, 0.15) is 51.0 Å². The molecule has 4 N–H and O–H groups in total. The maximum atomic E-state index is 12.2. The minimum Gasteiger partial charge on any atom is -0.327 e. The van der Waals surface area contributed by atoms with Gasteiger partial charge in [-0.2, -0.15) is 0 Å². The van der Waals surface area contributed by atoms with E-state index in [9.17, 15) is 9.59 Å². The highest BCUT2D eigenvalue weighted by Crippen LogP contribution is 2.28. The van der Waals surface area contributed by atoms with Crippen LogP contribution in [0.25, 0.3) is 0 Å². The second kappa shape index (κ2) is 9.64. The predicted octanol–water partition coefficient (Wildman–Crippen LogP) is 3.61. The Hall–Kier alpha value is -1.59. The largest absolute Gasteiger partial charge is 0.327 e. The molecule has 1 aliphatic carbocycles. The molecule has 2 amide bonds. The van der Waals surface area contributed by atoms with Gasteiger partial charge in [0.2, 0.25) is 11.8 Å². The number of amides is 2. The van der Waals surface area contributed by atoms with E-state index in [2.05, 4.69) is 10.6 Å². The number of benzene rings is 1. The summed E-state index contributed by atoms with van der Waals surface area (Å²) in [6.45, 7) is 3.87. The Kier molecular flexibility index (Phi) is 8.22. The maximum absolute atomic E-state index is 12.2. The second-order valence-electron chi connectivity index (χ2n) is 6.38. The molecule has 0 saturated heterocycles. The van der Waals surface area contributed by atoms with Gasteiger partial charge in [0, 0.05) is 30.3 Å². The van der Waals surface area contributed by atoms with Crippen LogP contribution in [-0.4, -0.2) is 17.9 Å². The third-order valence-electron chi connectivity index (χ3n) is 4.52. The quantitative estimate of drug-likeness (QED) is 0.730. The summed E-state index contributed by atoms with van der Waals surface area (Å²) in [6.07, 6.45) is 4.92. The van der Waals surface area contributed by atoms with Crippen molar-refractivity contribution in [2.75, 3.05) is 10.6 Å². The highest BCUT2D eigenvalue weighted by molar-refractivity contribution is 5.95. The van der Waals surface area contributed by atoms with Crippen molar-refractivity contribution in [3.05, 3.63) is 23.8 Å². The van der Waals surface area contributed by atoms with E-state index in [0.29, 0.717) is 12.8 Å². The summed E-state index contributed by atoms with van der Waals surface area (Å²) < 4.78 is 0. The summed E-state index contributed by atoms with van der Waals surface area (Å²) >= 11 is 0. The number of hydrogen-bond donors (Lipinski definition) is 3. The Bertz CT molecular complexity index is 577. The Labute approximate surface area is 150 Å². The van der Waals surface area contributed by atoms with E-state index in [1.165, 1.54) is 0 Å². The lowest BCUT2D eigenvalue weighted by Crippen LogP contribution is -2.28. The molecule has 24 heavy (non-hydrogen) atoms. The van der Waals surface area contributed by atoms with Gasteiger partial charge in [0.25, 0.3) is 0 Å². The van der Waals surface area contributed by atoms with Crippen LogP contribution in [0.3, 0.4) is 0 Å². The third kappa shape index (κ3) is 5.49. The predicted molar refractivity (Wildman–Crippen MR) is 101 cm³/mol. The zero-order valence-corrected chi connectivity index (χ0v) is 15.2. The van der Waals surface area contributed by atoms with Crippen LogP contribution in [0.5, 0.6) is 0 Å². The molecule has 134 valence electrons. The zero-order valence-electron chi connectivity index (χ0n) is 14.4. The lowest BCUT2D eigenvalue weighted by atomic mass is 9.99. The topological polar surface area (TPSA) is 84.2 Å². The summed E-state index contributed by atoms with van der Waals surface area (Å²) in [6, 6.07) is 5.69. The molecule has 1 aromatic carbocycles. The van der Waals surface area contributed by atoms with Gasteiger partial charge in [-0.1, -0.05) is 19.4 Å². The Morgan fingerprint density at radius 1 is 1.17 bits per heavy atom. The molecule has 1 aliphatic rings. The van der Waals surface area contributed by atoms with Gasteiger partial charge in [-0.15, -0.1) is 12.4 Å². The van der Waals surface area contributed by atoms with Gasteiger partial charge in [-0.05, 0) is 49.8 Å². The molecule has 1 aromatic rings. The van der Waals surface area contributed by atoms with Crippen molar-refractivity contribution in [1.82, 2.24) is 0 Å². The fourth-order valence-electron chi connectivity index (χ4n) is 3.10. The minimum atomic E-state index is -0.00696. The minimum absolute atomic E-state index is 0. The van der Waals surface area contributed by atoms with E-state index in [4.69, 9.17) is 5.73 Å². The number of hydrogen-bond acceptors (Lipinski definition) is 3. The molecule has 2 rings (SSSR count). The van der Waals surface area contributed by atoms with Crippen LogP contribution in [0.4, 0.5) is 11.4 Å². The fourth-order valence-corrected chi connectivity index (χ4v) is 3.10. The number of nitrogens with one attached hydrogen (secondary N) is 2. The molecule has 5 nitrogen and oxygen atoms in total. The van der Waals surface area contributed by atoms with Crippen LogP contribution in [0.2, 0.25) is 0 Å². The maximum Gasteiger partial charge on any atom is 0.224 e. The molecule has 0 bridgehead atoms. The number of halogens is 1. The molecular weight excluding hydrogens is 326 g/mol. The van der Waals surface area contributed by atoms with E-state index in [0.717, 1.165) is 42.6 Å². The molecule has 0 unspecified atom stereocenters.